The van der Waals surface area contributed by atoms with Crippen molar-refractivity contribution < 1.29 is 29.3 Å². The molecule has 0 aromatic heterocycles. The van der Waals surface area contributed by atoms with E-state index in [1.807, 2.05) is 6.92 Å². The van der Waals surface area contributed by atoms with Crippen LogP contribution in [-0.4, -0.2) is 58.3 Å². The van der Waals surface area contributed by atoms with Gasteiger partial charge in [-0.2, -0.15) is 0 Å². The first-order valence-corrected chi connectivity index (χ1v) is 5.28. The molecule has 1 aliphatic rings. The van der Waals surface area contributed by atoms with Gasteiger partial charge in [0.1, 0.15) is 19.2 Å². The molecule has 1 heterocycles. The van der Waals surface area contributed by atoms with Crippen LogP contribution in [0.2, 0.25) is 0 Å². The van der Waals surface area contributed by atoms with Gasteiger partial charge in [-0.25, -0.2) is 0 Å². The van der Waals surface area contributed by atoms with Gasteiger partial charge in [-0.15, -0.1) is 0 Å². The second kappa shape index (κ2) is 5.62. The van der Waals surface area contributed by atoms with E-state index in [2.05, 4.69) is 0 Å². The van der Waals surface area contributed by atoms with E-state index in [9.17, 15) is 14.4 Å². The highest BCUT2D eigenvalue weighted by Crippen LogP contribution is 2.20. The van der Waals surface area contributed by atoms with Crippen molar-refractivity contribution in [1.29, 1.82) is 0 Å². The third-order valence-corrected chi connectivity index (χ3v) is 2.47. The topological polar surface area (TPSA) is 104 Å². The highest BCUT2D eigenvalue weighted by atomic mass is 16.5. The van der Waals surface area contributed by atoms with Crippen LogP contribution in [0.4, 0.5) is 0 Å². The molecule has 7 heteroatoms. The van der Waals surface area contributed by atoms with E-state index in [0.717, 1.165) is 4.90 Å². The molecule has 1 amide bonds. The predicted octanol–water partition coefficient (Wildman–Crippen LogP) is -0.448. The Hall–Kier alpha value is -1.63. The molecule has 2 atom stereocenters. The lowest BCUT2D eigenvalue weighted by molar-refractivity contribution is -0.154. The van der Waals surface area contributed by atoms with E-state index in [-0.39, 0.29) is 6.10 Å². The standard InChI is InChI=1S/C10H15NO6/c1-6-2-3-7(17-6)10(16)11(4-8(12)13)5-9(14)15/h6-7H,2-5H2,1H3,(H,12,13)(H,14,15). The molecule has 1 aliphatic heterocycles. The number of carbonyl (C=O) groups excluding carboxylic acids is 1. The fourth-order valence-electron chi connectivity index (χ4n) is 1.73. The maximum atomic E-state index is 11.8. The number of carboxylic acids is 2. The van der Waals surface area contributed by atoms with Gasteiger partial charge < -0.3 is 19.8 Å². The molecule has 7 nitrogen and oxygen atoms in total. The Kier molecular flexibility index (Phi) is 4.45. The third-order valence-electron chi connectivity index (χ3n) is 2.47. The summed E-state index contributed by atoms with van der Waals surface area (Å²) in [6.07, 6.45) is 0.435. The second-order valence-corrected chi connectivity index (χ2v) is 3.99. The predicted molar refractivity (Wildman–Crippen MR) is 55.4 cm³/mol. The molecule has 1 fully saturated rings. The van der Waals surface area contributed by atoms with Crippen LogP contribution in [0.5, 0.6) is 0 Å². The van der Waals surface area contributed by atoms with Crippen molar-refractivity contribution in [1.82, 2.24) is 4.90 Å². The number of ether oxygens (including phenoxy) is 1. The van der Waals surface area contributed by atoms with E-state index >= 15 is 0 Å². The molecule has 0 aromatic rings. The number of carbonyl (C=O) groups is 3. The lowest BCUT2D eigenvalue weighted by Crippen LogP contribution is -2.44. The zero-order valence-electron chi connectivity index (χ0n) is 9.46. The molecular formula is C10H15NO6. The van der Waals surface area contributed by atoms with E-state index in [1.54, 1.807) is 0 Å². The highest BCUT2D eigenvalue weighted by molar-refractivity contribution is 5.87. The molecule has 0 bridgehead atoms. The van der Waals surface area contributed by atoms with Gasteiger partial charge in [0.15, 0.2) is 0 Å². The average molecular weight is 245 g/mol. The Morgan fingerprint density at radius 3 is 2.06 bits per heavy atom. The number of rotatable bonds is 5. The molecular weight excluding hydrogens is 230 g/mol. The largest absolute Gasteiger partial charge is 0.480 e. The van der Waals surface area contributed by atoms with Crippen LogP contribution in [0, 0.1) is 0 Å². The summed E-state index contributed by atoms with van der Waals surface area (Å²) in [6, 6.07) is 0. The summed E-state index contributed by atoms with van der Waals surface area (Å²) in [5.74, 6) is -3.06. The van der Waals surface area contributed by atoms with Crippen molar-refractivity contribution in [3.8, 4) is 0 Å². The zero-order valence-corrected chi connectivity index (χ0v) is 9.46. The Morgan fingerprint density at radius 1 is 1.18 bits per heavy atom. The minimum Gasteiger partial charge on any atom is -0.480 e. The van der Waals surface area contributed by atoms with Gasteiger partial charge in [0.25, 0.3) is 5.91 Å². The first-order chi connectivity index (χ1) is 7.90. The Balaban J connectivity index is 2.64. The summed E-state index contributed by atoms with van der Waals surface area (Å²) >= 11 is 0. The molecule has 0 radical (unpaired) electrons. The average Bonchev–Trinajstić information content (AvgIpc) is 2.61. The minimum atomic E-state index is -1.24. The monoisotopic (exact) mass is 245 g/mol. The number of hydrogen-bond acceptors (Lipinski definition) is 4. The molecule has 1 rings (SSSR count). The van der Waals surface area contributed by atoms with Crippen molar-refractivity contribution >= 4 is 17.8 Å². The number of aliphatic carboxylic acids is 2. The molecule has 0 spiro atoms. The van der Waals surface area contributed by atoms with Crippen LogP contribution in [0.3, 0.4) is 0 Å². The number of nitrogens with zero attached hydrogens (tertiary/aromatic N) is 1. The summed E-state index contributed by atoms with van der Waals surface area (Å²) in [7, 11) is 0. The molecule has 17 heavy (non-hydrogen) atoms. The van der Waals surface area contributed by atoms with Crippen molar-refractivity contribution in [3.05, 3.63) is 0 Å². The van der Waals surface area contributed by atoms with Gasteiger partial charge in [0.05, 0.1) is 6.10 Å². The van der Waals surface area contributed by atoms with Crippen LogP contribution in [-0.2, 0) is 19.1 Å². The molecule has 0 aromatic carbocycles. The fraction of sp³-hybridized carbons (Fsp3) is 0.700. The zero-order chi connectivity index (χ0) is 13.0. The van der Waals surface area contributed by atoms with E-state index in [4.69, 9.17) is 14.9 Å². The van der Waals surface area contributed by atoms with E-state index in [1.165, 1.54) is 0 Å². The first-order valence-electron chi connectivity index (χ1n) is 5.28. The molecule has 0 aliphatic carbocycles. The van der Waals surface area contributed by atoms with E-state index < -0.39 is 37.0 Å². The van der Waals surface area contributed by atoms with Gasteiger partial charge in [-0.3, -0.25) is 14.4 Å². The Morgan fingerprint density at radius 2 is 1.71 bits per heavy atom. The van der Waals surface area contributed by atoms with Crippen molar-refractivity contribution in [2.24, 2.45) is 0 Å². The van der Waals surface area contributed by atoms with Crippen LogP contribution >= 0.6 is 0 Å². The third kappa shape index (κ3) is 4.03. The van der Waals surface area contributed by atoms with Crippen LogP contribution in [0.25, 0.3) is 0 Å². The summed E-state index contributed by atoms with van der Waals surface area (Å²) < 4.78 is 5.29. The Labute approximate surface area is 98.0 Å². The van der Waals surface area contributed by atoms with Crippen molar-refractivity contribution in [2.75, 3.05) is 13.1 Å². The smallest absolute Gasteiger partial charge is 0.323 e. The summed E-state index contributed by atoms with van der Waals surface area (Å²) in [4.78, 5) is 33.7. The quantitative estimate of drug-likeness (QED) is 0.680. The minimum absolute atomic E-state index is 0.0551. The van der Waals surface area contributed by atoms with Gasteiger partial charge in [0, 0.05) is 0 Å². The molecule has 1 saturated heterocycles. The van der Waals surface area contributed by atoms with Gasteiger partial charge in [-0.1, -0.05) is 0 Å². The lowest BCUT2D eigenvalue weighted by Gasteiger charge is -2.21. The maximum absolute atomic E-state index is 11.8. The highest BCUT2D eigenvalue weighted by Gasteiger charge is 2.33. The summed E-state index contributed by atoms with van der Waals surface area (Å²) in [5.41, 5.74) is 0. The van der Waals surface area contributed by atoms with Gasteiger partial charge in [-0.05, 0) is 19.8 Å². The molecule has 2 N–H and O–H groups in total. The van der Waals surface area contributed by atoms with Crippen LogP contribution < -0.4 is 0 Å². The van der Waals surface area contributed by atoms with Gasteiger partial charge >= 0.3 is 11.9 Å². The molecule has 0 saturated carbocycles. The number of hydrogen-bond donors (Lipinski definition) is 2. The first kappa shape index (κ1) is 13.4. The van der Waals surface area contributed by atoms with Crippen molar-refractivity contribution in [2.45, 2.75) is 32.0 Å². The lowest BCUT2D eigenvalue weighted by atomic mass is 10.2. The molecule has 2 unspecified atom stereocenters. The fourth-order valence-corrected chi connectivity index (χ4v) is 1.73. The maximum Gasteiger partial charge on any atom is 0.323 e. The Bertz CT molecular complexity index is 313. The normalized spacial score (nSPS) is 23.4. The van der Waals surface area contributed by atoms with Gasteiger partial charge in [0.2, 0.25) is 0 Å². The van der Waals surface area contributed by atoms with Crippen molar-refractivity contribution in [3.63, 3.8) is 0 Å². The van der Waals surface area contributed by atoms with Crippen LogP contribution in [0.15, 0.2) is 0 Å². The SMILES string of the molecule is CC1CCC(C(=O)N(CC(=O)O)CC(=O)O)O1. The van der Waals surface area contributed by atoms with Crippen LogP contribution in [0.1, 0.15) is 19.8 Å². The number of carboxylic acid groups (broad SMARTS) is 2. The number of amides is 1. The van der Waals surface area contributed by atoms with E-state index in [0.29, 0.717) is 12.8 Å². The summed E-state index contributed by atoms with van der Waals surface area (Å²) in [5, 5.41) is 17.2. The molecule has 96 valence electrons. The summed E-state index contributed by atoms with van der Waals surface area (Å²) in [6.45, 7) is 0.560. The second-order valence-electron chi connectivity index (χ2n) is 3.99.